The molecule has 0 radical (unpaired) electrons. The number of rotatable bonds is 4. The van der Waals surface area contributed by atoms with Crippen LogP contribution in [0, 0.1) is 22.7 Å². The number of nitrogens with two attached hydrogens (primary N) is 1. The van der Waals surface area contributed by atoms with E-state index in [0.717, 1.165) is 32.2 Å². The van der Waals surface area contributed by atoms with E-state index < -0.39 is 0 Å². The van der Waals surface area contributed by atoms with Gasteiger partial charge in [-0.3, -0.25) is 4.90 Å². The van der Waals surface area contributed by atoms with Crippen molar-refractivity contribution < 1.29 is 9.84 Å². The third-order valence-corrected chi connectivity index (χ3v) is 7.70. The summed E-state index contributed by atoms with van der Waals surface area (Å²) in [5.74, 6) is 0.927. The zero-order chi connectivity index (χ0) is 15.3. The van der Waals surface area contributed by atoms with Gasteiger partial charge in [0.1, 0.15) is 0 Å². The molecule has 0 aromatic heterocycles. The van der Waals surface area contributed by atoms with Crippen LogP contribution in [0.15, 0.2) is 0 Å². The Hall–Kier alpha value is -0.160. The minimum absolute atomic E-state index is 0.0483. The van der Waals surface area contributed by atoms with Gasteiger partial charge in [-0.1, -0.05) is 20.8 Å². The maximum atomic E-state index is 10.1. The third-order valence-electron chi connectivity index (χ3n) is 7.70. The summed E-state index contributed by atoms with van der Waals surface area (Å²) in [6.45, 7) is 11.7. The van der Waals surface area contributed by atoms with Gasteiger partial charge in [0, 0.05) is 31.2 Å². The van der Waals surface area contributed by atoms with Crippen molar-refractivity contribution in [3.8, 4) is 0 Å². The second-order valence-corrected chi connectivity index (χ2v) is 8.13. The quantitative estimate of drug-likeness (QED) is 0.825. The molecule has 2 saturated carbocycles. The molecular weight excluding hydrogens is 264 g/mol. The Morgan fingerprint density at radius 3 is 2.38 bits per heavy atom. The van der Waals surface area contributed by atoms with E-state index in [1.54, 1.807) is 0 Å². The van der Waals surface area contributed by atoms with Crippen LogP contribution in [0.4, 0.5) is 0 Å². The molecule has 4 heteroatoms. The molecule has 1 aliphatic heterocycles. The molecule has 2 aliphatic carbocycles. The van der Waals surface area contributed by atoms with Crippen LogP contribution in [0.3, 0.4) is 0 Å². The summed E-state index contributed by atoms with van der Waals surface area (Å²) in [5.41, 5.74) is 6.72. The number of nitrogens with zero attached hydrogens (tertiary/aromatic N) is 1. The van der Waals surface area contributed by atoms with E-state index in [1.807, 2.05) is 0 Å². The predicted octanol–water partition coefficient (Wildman–Crippen LogP) is 1.47. The summed E-state index contributed by atoms with van der Waals surface area (Å²) >= 11 is 0. The Kier molecular flexibility index (Phi) is 3.89. The number of aliphatic hydroxyl groups is 1. The topological polar surface area (TPSA) is 58.7 Å². The Labute approximate surface area is 129 Å². The van der Waals surface area contributed by atoms with E-state index in [-0.39, 0.29) is 23.5 Å². The van der Waals surface area contributed by atoms with Crippen LogP contribution in [-0.4, -0.2) is 55.0 Å². The smallest absolute Gasteiger partial charge is 0.0594 e. The maximum Gasteiger partial charge on any atom is 0.0594 e. The molecular formula is C17H32N2O2. The Morgan fingerprint density at radius 2 is 1.95 bits per heavy atom. The fourth-order valence-electron chi connectivity index (χ4n) is 6.07. The van der Waals surface area contributed by atoms with Gasteiger partial charge >= 0.3 is 0 Å². The standard InChI is InChI=1S/C17H32N2O2/c1-15(2)13-4-5-16(15,3)17(10-13,14(11-18)12-20)19-6-8-21-9-7-19/h13-14,20H,4-12,18H2,1-3H3/t13-,14-,16-,17+/m0/s1. The number of hydrogen-bond donors (Lipinski definition) is 2. The zero-order valence-electron chi connectivity index (χ0n) is 13.9. The van der Waals surface area contributed by atoms with Gasteiger partial charge < -0.3 is 15.6 Å². The average molecular weight is 296 g/mol. The number of morpholine rings is 1. The van der Waals surface area contributed by atoms with E-state index in [4.69, 9.17) is 10.5 Å². The Bertz CT molecular complexity index is 390. The molecule has 3 rings (SSSR count). The molecule has 4 atom stereocenters. The molecule has 122 valence electrons. The van der Waals surface area contributed by atoms with Crippen LogP contribution < -0.4 is 5.73 Å². The summed E-state index contributed by atoms with van der Waals surface area (Å²) in [6, 6.07) is 0. The first-order chi connectivity index (χ1) is 9.94. The Balaban J connectivity index is 2.06. The van der Waals surface area contributed by atoms with Gasteiger partial charge in [-0.2, -0.15) is 0 Å². The first-order valence-electron chi connectivity index (χ1n) is 8.58. The van der Waals surface area contributed by atoms with Crippen molar-refractivity contribution >= 4 is 0 Å². The van der Waals surface area contributed by atoms with Gasteiger partial charge in [0.15, 0.2) is 0 Å². The lowest BCUT2D eigenvalue weighted by Gasteiger charge is -2.59. The molecule has 3 aliphatic rings. The molecule has 0 aromatic carbocycles. The molecule has 0 amide bonds. The van der Waals surface area contributed by atoms with Gasteiger partial charge in [-0.25, -0.2) is 0 Å². The molecule has 0 unspecified atom stereocenters. The highest BCUT2D eigenvalue weighted by Gasteiger charge is 2.71. The van der Waals surface area contributed by atoms with Crippen LogP contribution in [0.25, 0.3) is 0 Å². The molecule has 0 aromatic rings. The molecule has 1 saturated heterocycles. The molecule has 0 spiro atoms. The lowest BCUT2D eigenvalue weighted by molar-refractivity contribution is -0.125. The van der Waals surface area contributed by atoms with E-state index in [1.165, 1.54) is 19.3 Å². The SMILES string of the molecule is CC1(C)[C@H]2CC[C@]1(C)[C@@]([C@@H](CN)CO)(N1CCOCC1)C2. The second-order valence-electron chi connectivity index (χ2n) is 8.13. The minimum atomic E-state index is 0.0483. The lowest BCUT2D eigenvalue weighted by Crippen LogP contribution is -2.67. The van der Waals surface area contributed by atoms with Crippen LogP contribution in [-0.2, 0) is 4.74 Å². The highest BCUT2D eigenvalue weighted by molar-refractivity contribution is 5.23. The number of aliphatic hydroxyl groups excluding tert-OH is 1. The van der Waals surface area contributed by atoms with E-state index in [2.05, 4.69) is 25.7 Å². The monoisotopic (exact) mass is 296 g/mol. The van der Waals surface area contributed by atoms with Crippen molar-refractivity contribution in [2.24, 2.45) is 28.4 Å². The van der Waals surface area contributed by atoms with Crippen molar-refractivity contribution in [3.05, 3.63) is 0 Å². The van der Waals surface area contributed by atoms with Crippen molar-refractivity contribution in [2.75, 3.05) is 39.5 Å². The first kappa shape index (κ1) is 15.7. The van der Waals surface area contributed by atoms with Gasteiger partial charge in [-0.05, 0) is 42.6 Å². The summed E-state index contributed by atoms with van der Waals surface area (Å²) < 4.78 is 5.58. The fraction of sp³-hybridized carbons (Fsp3) is 1.00. The summed E-state index contributed by atoms with van der Waals surface area (Å²) in [6.07, 6.45) is 3.79. The molecule has 2 bridgehead atoms. The van der Waals surface area contributed by atoms with E-state index >= 15 is 0 Å². The van der Waals surface area contributed by atoms with Crippen LogP contribution in [0.1, 0.15) is 40.0 Å². The van der Waals surface area contributed by atoms with E-state index in [0.29, 0.717) is 12.0 Å². The minimum Gasteiger partial charge on any atom is -0.396 e. The maximum absolute atomic E-state index is 10.1. The van der Waals surface area contributed by atoms with Gasteiger partial charge in [0.25, 0.3) is 0 Å². The van der Waals surface area contributed by atoms with Crippen molar-refractivity contribution in [1.82, 2.24) is 4.90 Å². The summed E-state index contributed by atoms with van der Waals surface area (Å²) in [4.78, 5) is 2.63. The van der Waals surface area contributed by atoms with Crippen LogP contribution >= 0.6 is 0 Å². The highest BCUT2D eigenvalue weighted by atomic mass is 16.5. The molecule has 3 fully saturated rings. The fourth-order valence-corrected chi connectivity index (χ4v) is 6.07. The molecule has 4 nitrogen and oxygen atoms in total. The summed E-state index contributed by atoms with van der Waals surface area (Å²) in [7, 11) is 0. The largest absolute Gasteiger partial charge is 0.396 e. The molecule has 21 heavy (non-hydrogen) atoms. The van der Waals surface area contributed by atoms with Gasteiger partial charge in [0.2, 0.25) is 0 Å². The lowest BCUT2D eigenvalue weighted by atomic mass is 9.57. The first-order valence-corrected chi connectivity index (χ1v) is 8.58. The van der Waals surface area contributed by atoms with Crippen molar-refractivity contribution in [1.29, 1.82) is 0 Å². The van der Waals surface area contributed by atoms with Gasteiger partial charge in [-0.15, -0.1) is 0 Å². The number of ether oxygens (including phenoxy) is 1. The van der Waals surface area contributed by atoms with Crippen LogP contribution in [0.5, 0.6) is 0 Å². The van der Waals surface area contributed by atoms with Gasteiger partial charge in [0.05, 0.1) is 13.2 Å². The van der Waals surface area contributed by atoms with Crippen molar-refractivity contribution in [2.45, 2.75) is 45.6 Å². The van der Waals surface area contributed by atoms with Crippen molar-refractivity contribution in [3.63, 3.8) is 0 Å². The Morgan fingerprint density at radius 1 is 1.29 bits per heavy atom. The number of fused-ring (bicyclic) bond motifs is 2. The van der Waals surface area contributed by atoms with E-state index in [9.17, 15) is 5.11 Å². The number of hydrogen-bond acceptors (Lipinski definition) is 4. The average Bonchev–Trinajstić information content (AvgIpc) is 2.81. The zero-order valence-corrected chi connectivity index (χ0v) is 13.9. The highest BCUT2D eigenvalue weighted by Crippen LogP contribution is 2.72. The second kappa shape index (κ2) is 5.19. The normalized spacial score (nSPS) is 44.1. The molecule has 1 heterocycles. The molecule has 3 N–H and O–H groups in total. The summed E-state index contributed by atoms with van der Waals surface area (Å²) in [5, 5.41) is 10.1. The third kappa shape index (κ3) is 1.82. The van der Waals surface area contributed by atoms with Crippen LogP contribution in [0.2, 0.25) is 0 Å². The predicted molar refractivity (Wildman–Crippen MR) is 84.0 cm³/mol.